The van der Waals surface area contributed by atoms with Crippen molar-refractivity contribution in [1.82, 2.24) is 5.48 Å². The molecule has 0 fully saturated rings. The van der Waals surface area contributed by atoms with E-state index in [4.69, 9.17) is 0 Å². The number of hydrogen-bond donors (Lipinski definition) is 1. The lowest BCUT2D eigenvalue weighted by Crippen LogP contribution is -2.23. The van der Waals surface area contributed by atoms with Gasteiger partial charge in [-0.25, -0.2) is 5.48 Å². The molecule has 0 saturated carbocycles. The predicted octanol–water partition coefficient (Wildman–Crippen LogP) is 1.46. The summed E-state index contributed by atoms with van der Waals surface area (Å²) >= 11 is 1.48. The van der Waals surface area contributed by atoms with Gasteiger partial charge in [0.1, 0.15) is 0 Å². The highest BCUT2D eigenvalue weighted by Crippen LogP contribution is 2.15. The van der Waals surface area contributed by atoms with Crippen molar-refractivity contribution < 1.29 is 9.63 Å². The molecule has 1 aromatic carbocycles. The standard InChI is InChI=1S/C9H11NO2S/c1-12-10-9(11)7-13-8-5-3-2-4-6-8/h2-6H,7H2,1H3,(H,10,11). The number of hydrogen-bond acceptors (Lipinski definition) is 3. The van der Waals surface area contributed by atoms with E-state index in [0.717, 1.165) is 4.90 Å². The number of hydroxylamine groups is 1. The highest BCUT2D eigenvalue weighted by atomic mass is 32.2. The van der Waals surface area contributed by atoms with Crippen molar-refractivity contribution in [2.24, 2.45) is 0 Å². The third-order valence-electron chi connectivity index (χ3n) is 1.33. The van der Waals surface area contributed by atoms with Crippen molar-refractivity contribution in [3.8, 4) is 0 Å². The molecular weight excluding hydrogens is 186 g/mol. The molecule has 0 aliphatic rings. The normalized spacial score (nSPS) is 9.62. The molecule has 3 nitrogen and oxygen atoms in total. The molecule has 0 aromatic heterocycles. The van der Waals surface area contributed by atoms with Crippen molar-refractivity contribution >= 4 is 17.7 Å². The molecule has 70 valence electrons. The number of amides is 1. The molecule has 0 heterocycles. The molecule has 0 bridgehead atoms. The van der Waals surface area contributed by atoms with Crippen LogP contribution >= 0.6 is 11.8 Å². The van der Waals surface area contributed by atoms with Gasteiger partial charge in [0.05, 0.1) is 12.9 Å². The molecule has 13 heavy (non-hydrogen) atoms. The summed E-state index contributed by atoms with van der Waals surface area (Å²) in [7, 11) is 1.42. The Labute approximate surface area is 81.4 Å². The third kappa shape index (κ3) is 3.96. The van der Waals surface area contributed by atoms with Gasteiger partial charge in [0.15, 0.2) is 0 Å². The van der Waals surface area contributed by atoms with Crippen LogP contribution in [0.1, 0.15) is 0 Å². The van der Waals surface area contributed by atoms with Crippen LogP contribution in [0.5, 0.6) is 0 Å². The number of carbonyl (C=O) groups excluding carboxylic acids is 1. The molecule has 1 N–H and O–H groups in total. The Morgan fingerprint density at radius 3 is 2.77 bits per heavy atom. The summed E-state index contributed by atoms with van der Waals surface area (Å²) in [6.45, 7) is 0. The fraction of sp³-hybridized carbons (Fsp3) is 0.222. The highest BCUT2D eigenvalue weighted by molar-refractivity contribution is 8.00. The van der Waals surface area contributed by atoms with E-state index in [9.17, 15) is 4.79 Å². The maximum atomic E-state index is 11.0. The average Bonchev–Trinajstić information content (AvgIpc) is 2.17. The molecule has 0 radical (unpaired) electrons. The van der Waals surface area contributed by atoms with Gasteiger partial charge in [0.25, 0.3) is 5.91 Å². The largest absolute Gasteiger partial charge is 0.277 e. The van der Waals surface area contributed by atoms with Gasteiger partial charge >= 0.3 is 0 Å². The Kier molecular flexibility index (Phi) is 4.35. The second-order valence-corrected chi connectivity index (χ2v) is 3.38. The minimum absolute atomic E-state index is 0.128. The number of nitrogens with one attached hydrogen (secondary N) is 1. The zero-order valence-corrected chi connectivity index (χ0v) is 8.14. The summed E-state index contributed by atoms with van der Waals surface area (Å²) in [5, 5.41) is 0. The van der Waals surface area contributed by atoms with E-state index in [1.165, 1.54) is 18.9 Å². The van der Waals surface area contributed by atoms with Crippen LogP contribution in [0.2, 0.25) is 0 Å². The zero-order valence-electron chi connectivity index (χ0n) is 7.32. The van der Waals surface area contributed by atoms with E-state index in [1.54, 1.807) is 0 Å². The van der Waals surface area contributed by atoms with Gasteiger partial charge < -0.3 is 0 Å². The summed E-state index contributed by atoms with van der Waals surface area (Å²) in [5.74, 6) is 0.244. The van der Waals surface area contributed by atoms with Crippen molar-refractivity contribution in [3.05, 3.63) is 30.3 Å². The maximum Gasteiger partial charge on any atom is 0.253 e. The van der Waals surface area contributed by atoms with Gasteiger partial charge in [-0.15, -0.1) is 11.8 Å². The van der Waals surface area contributed by atoms with Crippen LogP contribution < -0.4 is 5.48 Å². The first-order chi connectivity index (χ1) is 6.33. The Bertz CT molecular complexity index is 264. The lowest BCUT2D eigenvalue weighted by Gasteiger charge is -2.01. The maximum absolute atomic E-state index is 11.0. The molecule has 0 spiro atoms. The molecule has 4 heteroatoms. The van der Waals surface area contributed by atoms with Gasteiger partial charge in [-0.2, -0.15) is 0 Å². The lowest BCUT2D eigenvalue weighted by molar-refractivity contribution is -0.128. The second kappa shape index (κ2) is 5.61. The van der Waals surface area contributed by atoms with Crippen LogP contribution in [0.4, 0.5) is 0 Å². The van der Waals surface area contributed by atoms with Gasteiger partial charge in [0, 0.05) is 4.90 Å². The van der Waals surface area contributed by atoms with E-state index >= 15 is 0 Å². The van der Waals surface area contributed by atoms with E-state index in [0.29, 0.717) is 5.75 Å². The molecule has 0 saturated heterocycles. The first-order valence-corrected chi connectivity index (χ1v) is 4.81. The third-order valence-corrected chi connectivity index (χ3v) is 2.34. The molecule has 1 rings (SSSR count). The van der Waals surface area contributed by atoms with Gasteiger partial charge in [-0.3, -0.25) is 9.63 Å². The van der Waals surface area contributed by atoms with Crippen LogP contribution in [-0.4, -0.2) is 18.8 Å². The first kappa shape index (κ1) is 10.1. The van der Waals surface area contributed by atoms with Crippen molar-refractivity contribution in [2.45, 2.75) is 4.90 Å². The first-order valence-electron chi connectivity index (χ1n) is 3.82. The Morgan fingerprint density at radius 1 is 1.46 bits per heavy atom. The quantitative estimate of drug-likeness (QED) is 0.586. The highest BCUT2D eigenvalue weighted by Gasteiger charge is 2.00. The Morgan fingerprint density at radius 2 is 2.15 bits per heavy atom. The number of benzene rings is 1. The SMILES string of the molecule is CONC(=O)CSc1ccccc1. The summed E-state index contributed by atoms with van der Waals surface area (Å²) in [6.07, 6.45) is 0. The lowest BCUT2D eigenvalue weighted by atomic mass is 10.4. The van der Waals surface area contributed by atoms with Crippen LogP contribution in [0.25, 0.3) is 0 Å². The number of thioether (sulfide) groups is 1. The summed E-state index contributed by atoms with van der Waals surface area (Å²) in [6, 6.07) is 9.75. The van der Waals surface area contributed by atoms with Crippen molar-refractivity contribution in [1.29, 1.82) is 0 Å². The Balaban J connectivity index is 2.31. The van der Waals surface area contributed by atoms with E-state index in [2.05, 4.69) is 10.3 Å². The van der Waals surface area contributed by atoms with Gasteiger partial charge in [-0.1, -0.05) is 18.2 Å². The summed E-state index contributed by atoms with van der Waals surface area (Å²) < 4.78 is 0. The van der Waals surface area contributed by atoms with Gasteiger partial charge in [0.2, 0.25) is 0 Å². The minimum Gasteiger partial charge on any atom is -0.277 e. The minimum atomic E-state index is -0.128. The van der Waals surface area contributed by atoms with Crippen molar-refractivity contribution in [2.75, 3.05) is 12.9 Å². The van der Waals surface area contributed by atoms with E-state index in [-0.39, 0.29) is 5.91 Å². The van der Waals surface area contributed by atoms with Gasteiger partial charge in [-0.05, 0) is 12.1 Å². The molecular formula is C9H11NO2S. The zero-order chi connectivity index (χ0) is 9.52. The molecule has 1 amide bonds. The van der Waals surface area contributed by atoms with Crippen molar-refractivity contribution in [3.63, 3.8) is 0 Å². The summed E-state index contributed by atoms with van der Waals surface area (Å²) in [4.78, 5) is 16.5. The van der Waals surface area contributed by atoms with Crippen LogP contribution in [0, 0.1) is 0 Å². The Hall–Kier alpha value is -1.00. The van der Waals surface area contributed by atoms with Crippen LogP contribution in [0.3, 0.4) is 0 Å². The number of carbonyl (C=O) groups is 1. The number of rotatable bonds is 4. The topological polar surface area (TPSA) is 38.3 Å². The monoisotopic (exact) mass is 197 g/mol. The molecule has 1 aromatic rings. The second-order valence-electron chi connectivity index (χ2n) is 2.33. The predicted molar refractivity (Wildman–Crippen MR) is 52.3 cm³/mol. The van der Waals surface area contributed by atoms with Crippen LogP contribution in [0.15, 0.2) is 35.2 Å². The van der Waals surface area contributed by atoms with E-state index in [1.807, 2.05) is 30.3 Å². The molecule has 0 aliphatic carbocycles. The van der Waals surface area contributed by atoms with E-state index < -0.39 is 0 Å². The average molecular weight is 197 g/mol. The fourth-order valence-corrected chi connectivity index (χ4v) is 1.52. The smallest absolute Gasteiger partial charge is 0.253 e. The fourth-order valence-electron chi connectivity index (χ4n) is 0.809. The molecule has 0 aliphatic heterocycles. The molecule has 0 atom stereocenters. The molecule has 0 unspecified atom stereocenters. The summed E-state index contributed by atoms with van der Waals surface area (Å²) in [5.41, 5.74) is 2.26. The van der Waals surface area contributed by atoms with Crippen LogP contribution in [-0.2, 0) is 9.63 Å².